The summed E-state index contributed by atoms with van der Waals surface area (Å²) in [5.74, 6) is -0.301. The van der Waals surface area contributed by atoms with E-state index in [1.807, 2.05) is 24.3 Å². The molecule has 1 rings (SSSR count). The minimum atomic E-state index is -0.953. The molecule has 0 aromatic heterocycles. The van der Waals surface area contributed by atoms with Crippen molar-refractivity contribution in [2.75, 3.05) is 7.11 Å². The van der Waals surface area contributed by atoms with Gasteiger partial charge in [0, 0.05) is 105 Å². The number of methoxy groups -OCH3 is 1. The van der Waals surface area contributed by atoms with Crippen molar-refractivity contribution in [1.82, 2.24) is 0 Å². The first kappa shape index (κ1) is 34.2. The molecular formula is C21H31O4Y3-. The number of aliphatic hydroxyl groups excluding tert-OH is 2. The van der Waals surface area contributed by atoms with E-state index in [9.17, 15) is 15.0 Å². The third-order valence-electron chi connectivity index (χ3n) is 4.14. The summed E-state index contributed by atoms with van der Waals surface area (Å²) in [5.41, 5.74) is 2.17. The Balaban J connectivity index is -0.00000208. The third kappa shape index (κ3) is 15.4. The molecule has 2 atom stereocenters. The first-order valence-electron chi connectivity index (χ1n) is 9.11. The molecule has 3 radical (unpaired) electrons. The summed E-state index contributed by atoms with van der Waals surface area (Å²) in [5, 5.41) is 20.1. The number of hydrogen-bond donors (Lipinski definition) is 2. The van der Waals surface area contributed by atoms with E-state index in [4.69, 9.17) is 0 Å². The molecule has 7 heteroatoms. The first-order chi connectivity index (χ1) is 12.1. The molecule has 149 valence electrons. The Morgan fingerprint density at radius 3 is 2.46 bits per heavy atom. The van der Waals surface area contributed by atoms with E-state index in [0.717, 1.165) is 17.5 Å². The van der Waals surface area contributed by atoms with E-state index >= 15 is 0 Å². The van der Waals surface area contributed by atoms with Crippen LogP contribution < -0.4 is 0 Å². The Morgan fingerprint density at radius 2 is 1.82 bits per heavy atom. The van der Waals surface area contributed by atoms with Crippen LogP contribution in [0.4, 0.5) is 0 Å². The van der Waals surface area contributed by atoms with Gasteiger partial charge in [0.25, 0.3) is 0 Å². The van der Waals surface area contributed by atoms with Gasteiger partial charge in [-0.3, -0.25) is 4.79 Å². The van der Waals surface area contributed by atoms with E-state index in [2.05, 4.69) is 24.1 Å². The average molecular weight is 614 g/mol. The van der Waals surface area contributed by atoms with Gasteiger partial charge in [0.15, 0.2) is 0 Å². The Morgan fingerprint density at radius 1 is 1.14 bits per heavy atom. The van der Waals surface area contributed by atoms with Crippen molar-refractivity contribution in [1.29, 1.82) is 0 Å². The van der Waals surface area contributed by atoms with Crippen LogP contribution in [0.5, 0.6) is 0 Å². The van der Waals surface area contributed by atoms with Gasteiger partial charge in [-0.15, -0.1) is 23.8 Å². The van der Waals surface area contributed by atoms with Crippen molar-refractivity contribution < 1.29 is 118 Å². The summed E-state index contributed by atoms with van der Waals surface area (Å²) in [6.07, 6.45) is 9.57. The molecule has 1 aromatic rings. The molecule has 0 saturated carbocycles. The number of aliphatic hydroxyl groups is 2. The molecule has 0 bridgehead atoms. The first-order valence-corrected chi connectivity index (χ1v) is 9.11. The number of carbonyl (C=O) groups is 1. The van der Waals surface area contributed by atoms with Gasteiger partial charge in [-0.25, -0.2) is 0 Å². The molecule has 1 aromatic carbocycles. The normalized spacial score (nSPS) is 12.1. The van der Waals surface area contributed by atoms with Crippen LogP contribution in [-0.2, 0) is 108 Å². The van der Waals surface area contributed by atoms with Gasteiger partial charge in [-0.1, -0.05) is 44.7 Å². The molecule has 0 unspecified atom stereocenters. The number of esters is 1. The number of benzene rings is 1. The maximum Gasteiger partial charge on any atom is 0.305 e. The smallest absolute Gasteiger partial charge is 0.305 e. The van der Waals surface area contributed by atoms with Crippen LogP contribution in [0.15, 0.2) is 30.3 Å². The van der Waals surface area contributed by atoms with Crippen molar-refractivity contribution in [3.8, 4) is 0 Å². The molecular weight excluding hydrogens is 583 g/mol. The number of unbranched alkanes of at least 4 members (excludes halogenated alkanes) is 3. The summed E-state index contributed by atoms with van der Waals surface area (Å²) in [4.78, 5) is 11.1. The Bertz CT molecular complexity index is 538. The van der Waals surface area contributed by atoms with E-state index < -0.39 is 12.2 Å². The largest absolute Gasteiger partial charge is 0.469 e. The van der Waals surface area contributed by atoms with Crippen LogP contribution >= 0.6 is 0 Å². The fourth-order valence-corrected chi connectivity index (χ4v) is 2.56. The Hall–Kier alpha value is 1.53. The second-order valence-electron chi connectivity index (χ2n) is 6.21. The quantitative estimate of drug-likeness (QED) is 0.213. The van der Waals surface area contributed by atoms with Crippen LogP contribution in [-0.4, -0.2) is 35.5 Å². The van der Waals surface area contributed by atoms with Gasteiger partial charge >= 0.3 is 5.97 Å². The molecule has 0 amide bonds. The molecule has 2 N–H and O–H groups in total. The fraction of sp³-hybridized carbons (Fsp3) is 0.524. The summed E-state index contributed by atoms with van der Waals surface area (Å²) < 4.78 is 4.56. The van der Waals surface area contributed by atoms with E-state index in [1.54, 1.807) is 6.08 Å². The van der Waals surface area contributed by atoms with Gasteiger partial charge in [-0.2, -0.15) is 18.1 Å². The molecule has 0 spiro atoms. The molecule has 0 fully saturated rings. The topological polar surface area (TPSA) is 66.8 Å². The van der Waals surface area contributed by atoms with Crippen LogP contribution in [0.25, 0.3) is 6.08 Å². The second kappa shape index (κ2) is 21.8. The van der Waals surface area contributed by atoms with Crippen LogP contribution in [0.3, 0.4) is 0 Å². The van der Waals surface area contributed by atoms with Crippen molar-refractivity contribution in [3.05, 3.63) is 47.9 Å². The molecule has 0 heterocycles. The standard InChI is InChI=1S/C21H31O4.3Y/c1-3-4-5-6-10-17-11-7-8-12-18(17)15-16-20(23)19(22)13-9-14-21(24)25-2;;;/h7-8,10-12,15-16,19-20,22-23H,3-6,9,13-14H2,1-2H3;;;/q-1;;;/b16-15+;;;/t19-,20+;;;/m0.../s1. The van der Waals surface area contributed by atoms with E-state index in [1.165, 1.54) is 26.4 Å². The predicted octanol–water partition coefficient (Wildman–Crippen LogP) is 3.89. The summed E-state index contributed by atoms with van der Waals surface area (Å²) >= 11 is 0. The van der Waals surface area contributed by atoms with Gasteiger partial charge in [0.1, 0.15) is 0 Å². The van der Waals surface area contributed by atoms with Gasteiger partial charge in [0.05, 0.1) is 19.3 Å². The zero-order valence-corrected chi connectivity index (χ0v) is 25.6. The zero-order valence-electron chi connectivity index (χ0n) is 17.1. The molecule has 4 nitrogen and oxygen atoms in total. The van der Waals surface area contributed by atoms with Crippen molar-refractivity contribution in [2.24, 2.45) is 0 Å². The minimum Gasteiger partial charge on any atom is -0.469 e. The molecule has 0 aliphatic rings. The van der Waals surface area contributed by atoms with Gasteiger partial charge < -0.3 is 14.9 Å². The maximum absolute atomic E-state index is 11.1. The van der Waals surface area contributed by atoms with Gasteiger partial charge in [-0.05, 0) is 12.8 Å². The molecule has 0 aliphatic heterocycles. The summed E-state index contributed by atoms with van der Waals surface area (Å²) in [6, 6.07) is 8.02. The Kier molecular flexibility index (Phi) is 26.5. The Labute approximate surface area is 245 Å². The molecule has 0 aliphatic carbocycles. The zero-order chi connectivity index (χ0) is 18.5. The van der Waals surface area contributed by atoms with Crippen molar-refractivity contribution >= 4 is 12.0 Å². The maximum atomic E-state index is 11.1. The van der Waals surface area contributed by atoms with Crippen LogP contribution in [0.2, 0.25) is 0 Å². The van der Waals surface area contributed by atoms with E-state index in [0.29, 0.717) is 12.8 Å². The molecule has 28 heavy (non-hydrogen) atoms. The molecule has 0 saturated heterocycles. The number of rotatable bonds is 12. The van der Waals surface area contributed by atoms with Crippen molar-refractivity contribution in [2.45, 2.75) is 64.1 Å². The number of ether oxygens (including phenoxy) is 1. The second-order valence-corrected chi connectivity index (χ2v) is 6.21. The van der Waals surface area contributed by atoms with Crippen molar-refractivity contribution in [3.63, 3.8) is 0 Å². The average Bonchev–Trinajstić information content (AvgIpc) is 2.63. The monoisotopic (exact) mass is 614 g/mol. The summed E-state index contributed by atoms with van der Waals surface area (Å²) in [6.45, 7) is 2.19. The number of hydrogen-bond acceptors (Lipinski definition) is 4. The van der Waals surface area contributed by atoms with Gasteiger partial charge in [0.2, 0.25) is 0 Å². The SMILES string of the molecule is CCCCC[CH-]c1ccccc1/C=C/[C@@H](O)[C@@H](O)CCCC(=O)OC.[Y].[Y].[Y]. The van der Waals surface area contributed by atoms with E-state index in [-0.39, 0.29) is 111 Å². The fourth-order valence-electron chi connectivity index (χ4n) is 2.56. The predicted molar refractivity (Wildman–Crippen MR) is 101 cm³/mol. The summed E-state index contributed by atoms with van der Waals surface area (Å²) in [7, 11) is 1.34. The minimum absolute atomic E-state index is 0. The third-order valence-corrected chi connectivity index (χ3v) is 4.14. The van der Waals surface area contributed by atoms with Crippen LogP contribution in [0.1, 0.15) is 63.0 Å². The number of carbonyl (C=O) groups excluding carboxylic acids is 1. The van der Waals surface area contributed by atoms with Crippen LogP contribution in [0, 0.1) is 6.42 Å².